The number of nitrogens with one attached hydrogen (secondary N) is 1. The van der Waals surface area contributed by atoms with Gasteiger partial charge in [0.2, 0.25) is 0 Å². The minimum absolute atomic E-state index is 0.218. The highest BCUT2D eigenvalue weighted by Gasteiger charge is 2.31. The molecule has 0 spiro atoms. The number of alkyl halides is 3. The topological polar surface area (TPSA) is 54.0 Å². The van der Waals surface area contributed by atoms with Crippen LogP contribution in [0.5, 0.6) is 5.75 Å². The average Bonchev–Trinajstić information content (AvgIpc) is 3.11. The molecule has 0 saturated carbocycles. The molecule has 9 heteroatoms. The molecule has 2 aromatic carbocycles. The molecule has 0 radical (unpaired) electrons. The number of hydrogen-bond acceptors (Lipinski definition) is 4. The van der Waals surface area contributed by atoms with Crippen molar-refractivity contribution in [2.24, 2.45) is 0 Å². The normalized spacial score (nSPS) is 18.0. The summed E-state index contributed by atoms with van der Waals surface area (Å²) in [5.41, 5.74) is 5.48. The van der Waals surface area contributed by atoms with Crippen molar-refractivity contribution in [3.63, 3.8) is 0 Å². The van der Waals surface area contributed by atoms with Crippen LogP contribution in [0.15, 0.2) is 85.2 Å². The SMILES string of the molecule is O=C(N1C=C(c2ccc(OC(F)(F)F)cc2)CC=CN1)N1CCC=C[C@@H]1COCc1ccccc1. The number of rotatable bonds is 6. The summed E-state index contributed by atoms with van der Waals surface area (Å²) in [7, 11) is 0. The summed E-state index contributed by atoms with van der Waals surface area (Å²) >= 11 is 0. The number of allylic oxidation sites excluding steroid dienone is 2. The van der Waals surface area contributed by atoms with Crippen molar-refractivity contribution < 1.29 is 27.4 Å². The van der Waals surface area contributed by atoms with E-state index >= 15 is 0 Å². The maximum atomic E-state index is 13.4. The molecule has 2 amide bonds. The van der Waals surface area contributed by atoms with Crippen LogP contribution >= 0.6 is 0 Å². The molecule has 1 atom stereocenters. The molecule has 2 heterocycles. The second kappa shape index (κ2) is 11.1. The lowest BCUT2D eigenvalue weighted by molar-refractivity contribution is -0.274. The number of nitrogens with zero attached hydrogens (tertiary/aromatic N) is 2. The van der Waals surface area contributed by atoms with E-state index in [1.165, 1.54) is 17.1 Å². The van der Waals surface area contributed by atoms with Gasteiger partial charge in [0.1, 0.15) is 5.75 Å². The maximum absolute atomic E-state index is 13.4. The molecule has 0 bridgehead atoms. The summed E-state index contributed by atoms with van der Waals surface area (Å²) in [6.07, 6.45) is 5.69. The third kappa shape index (κ3) is 6.89. The van der Waals surface area contributed by atoms with Crippen LogP contribution < -0.4 is 10.2 Å². The Bertz CT molecular complexity index is 1080. The maximum Gasteiger partial charge on any atom is 0.573 e. The first kappa shape index (κ1) is 24.4. The van der Waals surface area contributed by atoms with Crippen molar-refractivity contribution in [1.29, 1.82) is 0 Å². The Balaban J connectivity index is 1.44. The molecular weight excluding hydrogens is 459 g/mol. The molecule has 2 aliphatic rings. The predicted octanol–water partition coefficient (Wildman–Crippen LogP) is 5.62. The predicted molar refractivity (Wildman–Crippen MR) is 126 cm³/mol. The zero-order chi connectivity index (χ0) is 24.7. The first-order valence-electron chi connectivity index (χ1n) is 11.3. The largest absolute Gasteiger partial charge is 0.573 e. The van der Waals surface area contributed by atoms with Gasteiger partial charge in [-0.3, -0.25) is 5.43 Å². The lowest BCUT2D eigenvalue weighted by Crippen LogP contribution is -2.51. The van der Waals surface area contributed by atoms with Crippen LogP contribution in [0.2, 0.25) is 0 Å². The van der Waals surface area contributed by atoms with E-state index in [9.17, 15) is 18.0 Å². The first-order chi connectivity index (χ1) is 16.9. The third-order valence-electron chi connectivity index (χ3n) is 5.56. The Morgan fingerprint density at radius 3 is 2.57 bits per heavy atom. The van der Waals surface area contributed by atoms with Gasteiger partial charge in [-0.2, -0.15) is 0 Å². The Labute approximate surface area is 201 Å². The lowest BCUT2D eigenvalue weighted by Gasteiger charge is -2.35. The van der Waals surface area contributed by atoms with E-state index in [2.05, 4.69) is 10.2 Å². The second-order valence-corrected chi connectivity index (χ2v) is 8.09. The van der Waals surface area contributed by atoms with Crippen LogP contribution in [-0.2, 0) is 11.3 Å². The van der Waals surface area contributed by atoms with Gasteiger partial charge >= 0.3 is 12.4 Å². The average molecular weight is 486 g/mol. The van der Waals surface area contributed by atoms with Gasteiger partial charge in [0.15, 0.2) is 0 Å². The van der Waals surface area contributed by atoms with Crippen LogP contribution in [-0.4, -0.2) is 41.5 Å². The first-order valence-corrected chi connectivity index (χ1v) is 11.3. The van der Waals surface area contributed by atoms with E-state index in [0.29, 0.717) is 31.7 Å². The van der Waals surface area contributed by atoms with E-state index in [1.807, 2.05) is 48.6 Å². The molecule has 0 aromatic heterocycles. The molecule has 0 unspecified atom stereocenters. The number of benzene rings is 2. The van der Waals surface area contributed by atoms with Crippen LogP contribution in [0.3, 0.4) is 0 Å². The van der Waals surface area contributed by atoms with Gasteiger partial charge in [0.25, 0.3) is 0 Å². The molecule has 1 N–H and O–H groups in total. The van der Waals surface area contributed by atoms with E-state index in [4.69, 9.17) is 4.74 Å². The fourth-order valence-corrected chi connectivity index (χ4v) is 3.87. The van der Waals surface area contributed by atoms with Crippen LogP contribution in [0.4, 0.5) is 18.0 Å². The molecule has 0 fully saturated rings. The summed E-state index contributed by atoms with van der Waals surface area (Å²) < 4.78 is 47.2. The molecule has 4 rings (SSSR count). The van der Waals surface area contributed by atoms with Gasteiger partial charge in [0.05, 0.1) is 19.3 Å². The van der Waals surface area contributed by atoms with Gasteiger partial charge in [-0.1, -0.05) is 60.7 Å². The quantitative estimate of drug-likeness (QED) is 0.540. The highest BCUT2D eigenvalue weighted by molar-refractivity contribution is 5.79. The fourth-order valence-electron chi connectivity index (χ4n) is 3.87. The standard InChI is InChI=1S/C26H26F3N3O3/c27-26(28,29)35-24-13-11-21(12-14-24)22-9-6-15-30-32(17-22)25(33)31-16-5-4-10-23(31)19-34-18-20-7-2-1-3-8-20/h1-4,6-8,10-15,17,23,30H,5,9,16,18-19H2/t23-/m1/s1. The molecule has 2 aliphatic heterocycles. The summed E-state index contributed by atoms with van der Waals surface area (Å²) in [5, 5.41) is 1.39. The van der Waals surface area contributed by atoms with Gasteiger partial charge in [-0.25, -0.2) is 9.80 Å². The smallest absolute Gasteiger partial charge is 0.406 e. The summed E-state index contributed by atoms with van der Waals surface area (Å²) in [4.78, 5) is 15.2. The summed E-state index contributed by atoms with van der Waals surface area (Å²) in [5.74, 6) is -0.296. The highest BCUT2D eigenvalue weighted by Crippen LogP contribution is 2.27. The number of amides is 2. The van der Waals surface area contributed by atoms with Crippen LogP contribution in [0, 0.1) is 0 Å². The van der Waals surface area contributed by atoms with Gasteiger partial charge in [-0.15, -0.1) is 13.2 Å². The van der Waals surface area contributed by atoms with Crippen molar-refractivity contribution in [2.45, 2.75) is 31.9 Å². The molecule has 0 aliphatic carbocycles. The van der Waals surface area contributed by atoms with Crippen molar-refractivity contribution >= 4 is 11.6 Å². The van der Waals surface area contributed by atoms with Crippen molar-refractivity contribution in [3.05, 3.63) is 96.4 Å². The molecule has 35 heavy (non-hydrogen) atoms. The monoisotopic (exact) mass is 485 g/mol. The molecule has 0 saturated heterocycles. The zero-order valence-electron chi connectivity index (χ0n) is 18.9. The van der Waals surface area contributed by atoms with E-state index < -0.39 is 6.36 Å². The Morgan fingerprint density at radius 2 is 1.83 bits per heavy atom. The molecule has 184 valence electrons. The molecule has 2 aromatic rings. The number of halogens is 3. The molecule has 6 nitrogen and oxygen atoms in total. The molecular formula is C26H26F3N3O3. The van der Waals surface area contributed by atoms with Crippen molar-refractivity contribution in [1.82, 2.24) is 15.3 Å². The van der Waals surface area contributed by atoms with Crippen molar-refractivity contribution in [2.75, 3.05) is 13.2 Å². The van der Waals surface area contributed by atoms with E-state index in [0.717, 1.165) is 17.6 Å². The fraction of sp³-hybridized carbons (Fsp3) is 0.269. The minimum Gasteiger partial charge on any atom is -0.406 e. The Kier molecular flexibility index (Phi) is 7.77. The minimum atomic E-state index is -4.75. The van der Waals surface area contributed by atoms with Crippen molar-refractivity contribution in [3.8, 4) is 5.75 Å². The number of hydrogen-bond donors (Lipinski definition) is 1. The number of carbonyl (C=O) groups excluding carboxylic acids is 1. The second-order valence-electron chi connectivity index (χ2n) is 8.09. The van der Waals surface area contributed by atoms with Gasteiger partial charge in [-0.05, 0) is 41.7 Å². The highest BCUT2D eigenvalue weighted by atomic mass is 19.4. The number of carbonyl (C=O) groups is 1. The lowest BCUT2D eigenvalue weighted by atomic mass is 10.0. The van der Waals surface area contributed by atoms with Crippen LogP contribution in [0.25, 0.3) is 5.57 Å². The Morgan fingerprint density at radius 1 is 1.06 bits per heavy atom. The summed E-state index contributed by atoms with van der Waals surface area (Å²) in [6, 6.07) is 15.0. The number of urea groups is 1. The Hall–Kier alpha value is -3.72. The van der Waals surface area contributed by atoms with Gasteiger partial charge < -0.3 is 14.4 Å². The third-order valence-corrected chi connectivity index (χ3v) is 5.56. The van der Waals surface area contributed by atoms with Gasteiger partial charge in [0, 0.05) is 18.9 Å². The van der Waals surface area contributed by atoms with E-state index in [-0.39, 0.29) is 17.8 Å². The van der Waals surface area contributed by atoms with Crippen LogP contribution in [0.1, 0.15) is 24.0 Å². The number of ether oxygens (including phenoxy) is 2. The summed E-state index contributed by atoms with van der Waals surface area (Å²) in [6.45, 7) is 1.36. The zero-order valence-corrected chi connectivity index (χ0v) is 18.9. The number of hydrazine groups is 1. The van der Waals surface area contributed by atoms with E-state index in [1.54, 1.807) is 29.4 Å².